The first kappa shape index (κ1) is 18.1. The zero-order valence-electron chi connectivity index (χ0n) is 14.1. The summed E-state index contributed by atoms with van der Waals surface area (Å²) in [6.45, 7) is 0. The van der Waals surface area contributed by atoms with Crippen molar-refractivity contribution < 1.29 is 19.7 Å². The maximum absolute atomic E-state index is 13.7. The van der Waals surface area contributed by atoms with Gasteiger partial charge in [-0.1, -0.05) is 17.7 Å². The van der Waals surface area contributed by atoms with Gasteiger partial charge in [-0.15, -0.1) is 0 Å². The van der Waals surface area contributed by atoms with Crippen molar-refractivity contribution in [2.24, 2.45) is 5.92 Å². The smallest absolute Gasteiger partial charge is 0.145 e. The van der Waals surface area contributed by atoms with Crippen molar-refractivity contribution >= 4 is 28.5 Å². The molecule has 0 spiro atoms. The molecule has 0 saturated heterocycles. The van der Waals surface area contributed by atoms with Crippen molar-refractivity contribution in [2.45, 2.75) is 30.8 Å². The summed E-state index contributed by atoms with van der Waals surface area (Å²) in [5.41, 5.74) is 6.67. The molecule has 1 unspecified atom stereocenters. The first-order chi connectivity index (χ1) is 12.9. The minimum atomic E-state index is -1.19. The lowest BCUT2D eigenvalue weighted by atomic mass is 9.92. The number of hydrogen-bond donors (Lipinski definition) is 4. The number of aliphatic hydroxyl groups is 3. The highest BCUT2D eigenvalue weighted by Gasteiger charge is 2.46. The summed E-state index contributed by atoms with van der Waals surface area (Å²) in [6, 6.07) is 5.20. The summed E-state index contributed by atoms with van der Waals surface area (Å²) < 4.78 is 15.4. The highest BCUT2D eigenvalue weighted by molar-refractivity contribution is 6.30. The van der Waals surface area contributed by atoms with E-state index in [2.05, 4.69) is 9.97 Å². The van der Waals surface area contributed by atoms with E-state index in [0.29, 0.717) is 16.9 Å². The zero-order valence-corrected chi connectivity index (χ0v) is 14.8. The molecule has 3 aromatic rings. The number of benzene rings is 1. The maximum Gasteiger partial charge on any atom is 0.145 e. The molecule has 27 heavy (non-hydrogen) atoms. The number of halogens is 2. The van der Waals surface area contributed by atoms with Crippen LogP contribution in [-0.4, -0.2) is 42.1 Å². The fourth-order valence-electron chi connectivity index (χ4n) is 3.83. The third kappa shape index (κ3) is 2.94. The predicted molar refractivity (Wildman–Crippen MR) is 97.5 cm³/mol. The number of nitrogens with two attached hydrogens (primary N) is 1. The van der Waals surface area contributed by atoms with Crippen molar-refractivity contribution in [3.63, 3.8) is 0 Å². The number of aromatic nitrogens is 3. The van der Waals surface area contributed by atoms with Gasteiger partial charge in [0, 0.05) is 12.1 Å². The topological polar surface area (TPSA) is 117 Å². The Kier molecular flexibility index (Phi) is 4.51. The Morgan fingerprint density at radius 2 is 2.00 bits per heavy atom. The van der Waals surface area contributed by atoms with E-state index in [9.17, 15) is 19.7 Å². The lowest BCUT2D eigenvalue weighted by molar-refractivity contribution is -0.0265. The molecular weight excluding hydrogens is 375 g/mol. The molecule has 2 heterocycles. The van der Waals surface area contributed by atoms with Crippen LogP contribution in [-0.2, 0) is 0 Å². The zero-order chi connectivity index (χ0) is 19.3. The quantitative estimate of drug-likeness (QED) is 0.540. The van der Waals surface area contributed by atoms with Crippen LogP contribution >= 0.6 is 11.6 Å². The van der Waals surface area contributed by atoms with Crippen LogP contribution in [0.5, 0.6) is 0 Å². The van der Waals surface area contributed by atoms with Crippen molar-refractivity contribution in [3.05, 3.63) is 53.2 Å². The molecule has 2 aromatic heterocycles. The van der Waals surface area contributed by atoms with Gasteiger partial charge in [0.2, 0.25) is 0 Å². The van der Waals surface area contributed by atoms with Crippen molar-refractivity contribution in [1.29, 1.82) is 0 Å². The molecule has 4 rings (SSSR count). The lowest BCUT2D eigenvalue weighted by Crippen LogP contribution is -2.31. The Morgan fingerprint density at radius 3 is 2.74 bits per heavy atom. The summed E-state index contributed by atoms with van der Waals surface area (Å²) in [4.78, 5) is 8.14. The van der Waals surface area contributed by atoms with E-state index in [-0.39, 0.29) is 17.0 Å². The third-order valence-corrected chi connectivity index (χ3v) is 5.59. The van der Waals surface area contributed by atoms with Crippen LogP contribution in [0, 0.1) is 11.7 Å². The van der Waals surface area contributed by atoms with Crippen LogP contribution in [0.3, 0.4) is 0 Å². The number of nitrogen functional groups attached to an aromatic ring is 1. The molecule has 0 radical (unpaired) electrons. The van der Waals surface area contributed by atoms with Crippen LogP contribution in [0.1, 0.15) is 24.1 Å². The van der Waals surface area contributed by atoms with E-state index in [0.717, 1.165) is 6.07 Å². The van der Waals surface area contributed by atoms with Gasteiger partial charge in [0.1, 0.15) is 29.7 Å². The molecule has 1 saturated carbocycles. The van der Waals surface area contributed by atoms with Gasteiger partial charge < -0.3 is 25.6 Å². The summed E-state index contributed by atoms with van der Waals surface area (Å²) in [5.74, 6) is -1.02. The van der Waals surface area contributed by atoms with E-state index in [1.165, 1.54) is 18.5 Å². The lowest BCUT2D eigenvalue weighted by Gasteiger charge is -2.22. The number of anilines is 1. The fraction of sp³-hybridized carbons (Fsp3) is 0.333. The average molecular weight is 393 g/mol. The average Bonchev–Trinajstić information content (AvgIpc) is 3.20. The van der Waals surface area contributed by atoms with E-state index < -0.39 is 36.1 Å². The summed E-state index contributed by atoms with van der Waals surface area (Å²) in [7, 11) is 0. The Balaban J connectivity index is 1.66. The first-order valence-corrected chi connectivity index (χ1v) is 8.82. The fourth-order valence-corrected chi connectivity index (χ4v) is 3.95. The molecule has 0 bridgehead atoms. The second-order valence-corrected chi connectivity index (χ2v) is 7.19. The van der Waals surface area contributed by atoms with Crippen LogP contribution < -0.4 is 5.73 Å². The Morgan fingerprint density at radius 1 is 1.22 bits per heavy atom. The van der Waals surface area contributed by atoms with Gasteiger partial charge in [0.15, 0.2) is 0 Å². The number of nitrogens with zero attached hydrogens (tertiary/aromatic N) is 3. The minimum absolute atomic E-state index is 0.0492. The molecule has 0 aliphatic heterocycles. The molecule has 9 heteroatoms. The number of rotatable bonds is 3. The summed E-state index contributed by atoms with van der Waals surface area (Å²) >= 11 is 5.68. The van der Waals surface area contributed by atoms with Gasteiger partial charge in [-0.3, -0.25) is 0 Å². The SMILES string of the molecule is Nc1ncnc2c1ccn2[C@@H]1C[C@H](C(O)c2ccc(Cl)c(F)c2)[C@@H](O)[C@H]1O. The minimum Gasteiger partial charge on any atom is -0.390 e. The van der Waals surface area contributed by atoms with Gasteiger partial charge >= 0.3 is 0 Å². The normalized spacial score (nSPS) is 26.6. The highest BCUT2D eigenvalue weighted by Crippen LogP contribution is 2.43. The Bertz CT molecular complexity index is 998. The van der Waals surface area contributed by atoms with Crippen molar-refractivity contribution in [3.8, 4) is 0 Å². The molecule has 5 N–H and O–H groups in total. The maximum atomic E-state index is 13.7. The highest BCUT2D eigenvalue weighted by atomic mass is 35.5. The van der Waals surface area contributed by atoms with Gasteiger partial charge in [-0.05, 0) is 30.2 Å². The van der Waals surface area contributed by atoms with Crippen molar-refractivity contribution in [1.82, 2.24) is 14.5 Å². The van der Waals surface area contributed by atoms with Crippen LogP contribution in [0.2, 0.25) is 5.02 Å². The number of hydrogen-bond acceptors (Lipinski definition) is 6. The van der Waals surface area contributed by atoms with E-state index in [1.54, 1.807) is 16.8 Å². The molecular formula is C18H18ClFN4O3. The monoisotopic (exact) mass is 392 g/mol. The van der Waals surface area contributed by atoms with E-state index >= 15 is 0 Å². The predicted octanol–water partition coefficient (Wildman–Crippen LogP) is 1.82. The number of fused-ring (bicyclic) bond motifs is 1. The van der Waals surface area contributed by atoms with Gasteiger partial charge in [-0.25, -0.2) is 14.4 Å². The van der Waals surface area contributed by atoms with Gasteiger partial charge in [0.25, 0.3) is 0 Å². The molecule has 142 valence electrons. The first-order valence-electron chi connectivity index (χ1n) is 8.44. The molecule has 1 aliphatic rings. The van der Waals surface area contributed by atoms with E-state index in [4.69, 9.17) is 17.3 Å². The Hall–Kier alpha value is -2.26. The summed E-state index contributed by atoms with van der Waals surface area (Å²) in [6.07, 6.45) is -0.176. The van der Waals surface area contributed by atoms with Gasteiger partial charge in [-0.2, -0.15) is 0 Å². The van der Waals surface area contributed by atoms with E-state index in [1.807, 2.05) is 0 Å². The van der Waals surface area contributed by atoms with Crippen LogP contribution in [0.15, 0.2) is 36.8 Å². The third-order valence-electron chi connectivity index (χ3n) is 5.28. The van der Waals surface area contributed by atoms with Gasteiger partial charge in [0.05, 0.1) is 28.7 Å². The van der Waals surface area contributed by atoms with Crippen molar-refractivity contribution in [2.75, 3.05) is 5.73 Å². The Labute approximate surface area is 158 Å². The second kappa shape index (κ2) is 6.72. The largest absolute Gasteiger partial charge is 0.390 e. The molecule has 1 fully saturated rings. The van der Waals surface area contributed by atoms with Crippen LogP contribution in [0.25, 0.3) is 11.0 Å². The van der Waals surface area contributed by atoms with Crippen LogP contribution in [0.4, 0.5) is 10.2 Å². The molecule has 5 atom stereocenters. The standard InChI is InChI=1S/C18H18ClFN4O3/c19-11-2-1-8(5-12(11)20)14(25)10-6-13(16(27)15(10)26)24-4-3-9-17(21)22-7-23-18(9)24/h1-5,7,10,13-16,25-27H,6H2,(H2,21,22,23)/t10-,13-,14?,15-,16+/m1/s1. The molecule has 7 nitrogen and oxygen atoms in total. The molecule has 1 aromatic carbocycles. The number of aliphatic hydroxyl groups excluding tert-OH is 3. The molecule has 1 aliphatic carbocycles. The summed E-state index contributed by atoms with van der Waals surface area (Å²) in [5, 5.41) is 32.3. The molecule has 0 amide bonds. The second-order valence-electron chi connectivity index (χ2n) is 6.79.